The number of carbonyl (C=O) groups excluding carboxylic acids is 1. The number of methoxy groups -OCH3 is 1. The van der Waals surface area contributed by atoms with E-state index in [0.29, 0.717) is 48.9 Å². The zero-order valence-electron chi connectivity index (χ0n) is 26.0. The summed E-state index contributed by atoms with van der Waals surface area (Å²) in [5, 5.41) is 7.64. The van der Waals surface area contributed by atoms with Crippen molar-refractivity contribution in [2.45, 2.75) is 31.6 Å². The molecule has 1 fully saturated rings. The van der Waals surface area contributed by atoms with Crippen LogP contribution in [0.25, 0.3) is 43.9 Å². The van der Waals surface area contributed by atoms with Gasteiger partial charge in [0.25, 0.3) is 0 Å². The molecule has 3 aromatic heterocycles. The Kier molecular flexibility index (Phi) is 8.13. The maximum atomic E-state index is 16.0. The van der Waals surface area contributed by atoms with Gasteiger partial charge in [0.15, 0.2) is 0 Å². The fourth-order valence-electron chi connectivity index (χ4n) is 6.20. The molecule has 242 valence electrons. The van der Waals surface area contributed by atoms with Gasteiger partial charge >= 0.3 is 0 Å². The van der Waals surface area contributed by atoms with Crippen LogP contribution in [0.2, 0.25) is 0 Å². The second kappa shape index (κ2) is 12.3. The Morgan fingerprint density at radius 3 is 2.64 bits per heavy atom. The van der Waals surface area contributed by atoms with E-state index in [4.69, 9.17) is 30.0 Å². The van der Waals surface area contributed by atoms with Crippen LogP contribution in [0.5, 0.6) is 5.75 Å². The highest BCUT2D eigenvalue weighted by molar-refractivity contribution is 7.18. The molecular weight excluding hydrogens is 624 g/mol. The van der Waals surface area contributed by atoms with Crippen molar-refractivity contribution in [2.24, 2.45) is 5.73 Å². The van der Waals surface area contributed by atoms with E-state index < -0.39 is 17.2 Å². The van der Waals surface area contributed by atoms with Crippen LogP contribution in [0.15, 0.2) is 66.6 Å². The third-order valence-corrected chi connectivity index (χ3v) is 9.67. The van der Waals surface area contributed by atoms with Gasteiger partial charge in [-0.1, -0.05) is 30.8 Å². The fourth-order valence-corrected chi connectivity index (χ4v) is 7.15. The van der Waals surface area contributed by atoms with Gasteiger partial charge < -0.3 is 24.8 Å². The quantitative estimate of drug-likeness (QED) is 0.156. The normalized spacial score (nSPS) is 17.0. The average molecular weight is 658 g/mol. The Balaban J connectivity index is 1.45. The van der Waals surface area contributed by atoms with Gasteiger partial charge in [0, 0.05) is 46.5 Å². The van der Waals surface area contributed by atoms with Gasteiger partial charge in [-0.15, -0.1) is 11.3 Å². The summed E-state index contributed by atoms with van der Waals surface area (Å²) >= 11 is 1.42. The number of nitrogens with two attached hydrogens (primary N) is 1. The zero-order valence-corrected chi connectivity index (χ0v) is 26.8. The van der Waals surface area contributed by atoms with Gasteiger partial charge in [0.2, 0.25) is 5.91 Å². The minimum absolute atomic E-state index is 0.0331. The van der Waals surface area contributed by atoms with E-state index in [-0.39, 0.29) is 36.5 Å². The Hall–Kier alpha value is -4.49. The number of benzene rings is 2. The summed E-state index contributed by atoms with van der Waals surface area (Å²) in [5.74, 6) is -1.69. The maximum Gasteiger partial charge on any atom is 0.246 e. The molecule has 0 bridgehead atoms. The lowest BCUT2D eigenvalue weighted by atomic mass is 9.88. The number of rotatable bonds is 9. The van der Waals surface area contributed by atoms with Crippen LogP contribution in [0, 0.1) is 11.6 Å². The van der Waals surface area contributed by atoms with E-state index in [1.165, 1.54) is 30.6 Å². The van der Waals surface area contributed by atoms with Crippen LogP contribution in [0.1, 0.15) is 18.2 Å². The van der Waals surface area contributed by atoms with Crippen LogP contribution in [0.3, 0.4) is 0 Å². The molecule has 0 aliphatic carbocycles. The highest BCUT2D eigenvalue weighted by Crippen LogP contribution is 2.47. The van der Waals surface area contributed by atoms with Gasteiger partial charge in [0.05, 0.1) is 55.4 Å². The minimum Gasteiger partial charge on any atom is -0.490 e. The molecule has 0 radical (unpaired) electrons. The summed E-state index contributed by atoms with van der Waals surface area (Å²) in [5.41, 5.74) is 10.7. The number of halogens is 2. The van der Waals surface area contributed by atoms with Crippen molar-refractivity contribution < 1.29 is 27.8 Å². The van der Waals surface area contributed by atoms with E-state index >= 15 is 4.39 Å². The van der Waals surface area contributed by atoms with Crippen molar-refractivity contribution in [3.8, 4) is 39.5 Å². The predicted molar refractivity (Wildman–Crippen MR) is 176 cm³/mol. The van der Waals surface area contributed by atoms with E-state index in [0.717, 1.165) is 33.0 Å². The molecule has 1 atom stereocenters. The summed E-state index contributed by atoms with van der Waals surface area (Å²) in [6.07, 6.45) is 1.30. The van der Waals surface area contributed by atoms with Crippen molar-refractivity contribution in [3.05, 3.63) is 89.5 Å². The second-order valence-electron chi connectivity index (χ2n) is 11.9. The first-order valence-corrected chi connectivity index (χ1v) is 16.1. The SMILES string of the molecule is C=CC(=O)N1Cc2cc(-c3nc(-c4ccc(C5(N)COC5)cc4)c4ccsc4c3-c3c(F)cc(F)cc3OCCOC)nn2C[C@H]1C. The van der Waals surface area contributed by atoms with Crippen LogP contribution in [-0.2, 0) is 32.9 Å². The zero-order chi connectivity index (χ0) is 32.9. The summed E-state index contributed by atoms with van der Waals surface area (Å²) in [6.45, 7) is 7.61. The number of carbonyl (C=O) groups is 1. The van der Waals surface area contributed by atoms with Gasteiger partial charge in [-0.05, 0) is 36.1 Å². The molecule has 1 saturated heterocycles. The smallest absolute Gasteiger partial charge is 0.246 e. The average Bonchev–Trinajstić information content (AvgIpc) is 3.70. The van der Waals surface area contributed by atoms with Gasteiger partial charge in [-0.2, -0.15) is 5.10 Å². The van der Waals surface area contributed by atoms with Crippen molar-refractivity contribution >= 4 is 27.3 Å². The highest BCUT2D eigenvalue weighted by atomic mass is 32.1. The van der Waals surface area contributed by atoms with Crippen molar-refractivity contribution in [1.29, 1.82) is 0 Å². The van der Waals surface area contributed by atoms with Gasteiger partial charge in [-0.3, -0.25) is 9.48 Å². The number of aromatic nitrogens is 3. The molecule has 7 rings (SSSR count). The third kappa shape index (κ3) is 5.50. The van der Waals surface area contributed by atoms with Crippen molar-refractivity contribution in [2.75, 3.05) is 33.5 Å². The topological polar surface area (TPSA) is 105 Å². The Labute approximate surface area is 274 Å². The summed E-state index contributed by atoms with van der Waals surface area (Å²) in [4.78, 5) is 19.5. The molecular formula is C35H33F2N5O4S. The first kappa shape index (κ1) is 31.1. The molecule has 2 N–H and O–H groups in total. The number of amides is 1. The molecule has 0 unspecified atom stereocenters. The molecule has 9 nitrogen and oxygen atoms in total. The van der Waals surface area contributed by atoms with Crippen LogP contribution in [0.4, 0.5) is 8.78 Å². The highest BCUT2D eigenvalue weighted by Gasteiger charge is 2.36. The van der Waals surface area contributed by atoms with Crippen molar-refractivity contribution in [1.82, 2.24) is 19.7 Å². The number of pyridine rings is 1. The van der Waals surface area contributed by atoms with Crippen LogP contribution < -0.4 is 10.5 Å². The number of hydrogen-bond donors (Lipinski definition) is 1. The van der Waals surface area contributed by atoms with Crippen LogP contribution in [-0.4, -0.2) is 65.2 Å². The second-order valence-corrected chi connectivity index (χ2v) is 12.8. The number of fused-ring (bicyclic) bond motifs is 2. The van der Waals surface area contributed by atoms with E-state index in [1.54, 1.807) is 4.90 Å². The monoisotopic (exact) mass is 657 g/mol. The molecule has 2 aromatic carbocycles. The van der Waals surface area contributed by atoms with Crippen LogP contribution >= 0.6 is 11.3 Å². The molecule has 2 aliphatic heterocycles. The molecule has 1 amide bonds. The maximum absolute atomic E-state index is 16.0. The number of nitrogens with zero attached hydrogens (tertiary/aromatic N) is 4. The molecule has 0 saturated carbocycles. The number of hydrogen-bond acceptors (Lipinski definition) is 8. The minimum atomic E-state index is -0.788. The van der Waals surface area contributed by atoms with E-state index in [2.05, 4.69) is 6.58 Å². The Morgan fingerprint density at radius 2 is 1.94 bits per heavy atom. The first-order valence-electron chi connectivity index (χ1n) is 15.2. The standard InChI is InChI=1S/C35H33F2N5O4S/c1-4-29(43)41-17-24-15-27(40-42(24)16-20(41)2)33-31(30-26(37)13-23(36)14-28(30)46-11-10-44-3)34-25(9-12-47-34)32(39-33)21-5-7-22(8-6-21)35(38)18-45-19-35/h4-9,12-15,20H,1,10-11,16-19,38H2,2-3H3/t20-/m1/s1. The van der Waals surface area contributed by atoms with Gasteiger partial charge in [0.1, 0.15) is 35.4 Å². The first-order chi connectivity index (χ1) is 22.7. The molecule has 5 aromatic rings. The number of thiophene rings is 1. The van der Waals surface area contributed by atoms with Gasteiger partial charge in [-0.25, -0.2) is 13.8 Å². The molecule has 12 heteroatoms. The fraction of sp³-hybridized carbons (Fsp3) is 0.286. The van der Waals surface area contributed by atoms with E-state index in [1.807, 2.05) is 53.4 Å². The summed E-state index contributed by atoms with van der Waals surface area (Å²) in [7, 11) is 1.53. The lowest BCUT2D eigenvalue weighted by Gasteiger charge is -2.38. The van der Waals surface area contributed by atoms with Crippen molar-refractivity contribution in [3.63, 3.8) is 0 Å². The summed E-state index contributed by atoms with van der Waals surface area (Å²) < 4.78 is 49.6. The molecule has 47 heavy (non-hydrogen) atoms. The Bertz CT molecular complexity index is 2000. The van der Waals surface area contributed by atoms with E-state index in [9.17, 15) is 9.18 Å². The summed E-state index contributed by atoms with van der Waals surface area (Å²) in [6, 6.07) is 13.6. The lowest BCUT2D eigenvalue weighted by molar-refractivity contribution is -0.129. The lowest BCUT2D eigenvalue weighted by Crippen LogP contribution is -2.54. The predicted octanol–water partition coefficient (Wildman–Crippen LogP) is 5.90. The Morgan fingerprint density at radius 1 is 1.15 bits per heavy atom. The molecule has 2 aliphatic rings. The molecule has 0 spiro atoms. The molecule has 5 heterocycles. The third-order valence-electron chi connectivity index (χ3n) is 8.74. The largest absolute Gasteiger partial charge is 0.490 e. The number of ether oxygens (including phenoxy) is 3.